The van der Waals surface area contributed by atoms with Crippen LogP contribution in [-0.4, -0.2) is 27.6 Å². The van der Waals surface area contributed by atoms with Crippen molar-refractivity contribution in [2.24, 2.45) is 5.92 Å². The minimum absolute atomic E-state index is 0.187. The Balaban J connectivity index is 1.80. The van der Waals surface area contributed by atoms with E-state index in [0.29, 0.717) is 34.4 Å². The lowest BCUT2D eigenvalue weighted by Crippen LogP contribution is -2.47. The van der Waals surface area contributed by atoms with Crippen LogP contribution in [-0.2, 0) is 0 Å². The molecule has 31 heavy (non-hydrogen) atoms. The summed E-state index contributed by atoms with van der Waals surface area (Å²) in [6.07, 6.45) is 0. The zero-order valence-electron chi connectivity index (χ0n) is 17.4. The SMILES string of the molecule is CC1=C(c2nc(-c3ccc(F)cc3)no2)C(c2ccc(Cl)cc2)NC(=O)N1CC(C)C. The number of halogens is 2. The highest BCUT2D eigenvalue weighted by Crippen LogP contribution is 2.37. The van der Waals surface area contributed by atoms with Crippen LogP contribution in [0.25, 0.3) is 17.0 Å². The molecule has 160 valence electrons. The number of carbonyl (C=O) groups excluding carboxylic acids is 1. The Morgan fingerprint density at radius 3 is 2.48 bits per heavy atom. The zero-order valence-corrected chi connectivity index (χ0v) is 18.2. The summed E-state index contributed by atoms with van der Waals surface area (Å²) in [7, 11) is 0. The summed E-state index contributed by atoms with van der Waals surface area (Å²) in [6, 6.07) is 12.5. The first-order chi connectivity index (χ1) is 14.8. The standard InChI is InChI=1S/C23H22ClFN4O2/c1-13(2)12-29-14(3)19(20(26-23(29)30)15-4-8-17(24)9-5-15)22-27-21(28-31-22)16-6-10-18(25)11-7-16/h4-11,13,20H,12H2,1-3H3,(H,26,30). The van der Waals surface area contributed by atoms with E-state index in [1.54, 1.807) is 29.2 Å². The molecule has 8 heteroatoms. The van der Waals surface area contributed by atoms with Gasteiger partial charge in [0.05, 0.1) is 11.6 Å². The normalized spacial score (nSPS) is 16.8. The molecule has 4 rings (SSSR count). The van der Waals surface area contributed by atoms with Gasteiger partial charge in [0.25, 0.3) is 5.89 Å². The van der Waals surface area contributed by atoms with Gasteiger partial charge in [-0.15, -0.1) is 0 Å². The van der Waals surface area contributed by atoms with Crippen LogP contribution >= 0.6 is 11.6 Å². The maximum atomic E-state index is 13.3. The average Bonchev–Trinajstić information content (AvgIpc) is 3.21. The quantitative estimate of drug-likeness (QED) is 0.553. The van der Waals surface area contributed by atoms with Gasteiger partial charge >= 0.3 is 6.03 Å². The lowest BCUT2D eigenvalue weighted by molar-refractivity contribution is 0.199. The van der Waals surface area contributed by atoms with Gasteiger partial charge in [-0.2, -0.15) is 4.98 Å². The van der Waals surface area contributed by atoms with Gasteiger partial charge in [0, 0.05) is 22.8 Å². The molecule has 1 aliphatic heterocycles. The number of allylic oxidation sites excluding steroid dienone is 1. The largest absolute Gasteiger partial charge is 0.334 e. The first-order valence-corrected chi connectivity index (χ1v) is 10.4. The summed E-state index contributed by atoms with van der Waals surface area (Å²) in [5.74, 6) is 0.572. The summed E-state index contributed by atoms with van der Waals surface area (Å²) >= 11 is 6.05. The second-order valence-electron chi connectivity index (χ2n) is 7.87. The van der Waals surface area contributed by atoms with Crippen molar-refractivity contribution in [3.8, 4) is 11.4 Å². The van der Waals surface area contributed by atoms with Crippen molar-refractivity contribution in [1.82, 2.24) is 20.4 Å². The average molecular weight is 441 g/mol. The van der Waals surface area contributed by atoms with Gasteiger partial charge in [-0.05, 0) is 54.8 Å². The second kappa shape index (κ2) is 8.51. The van der Waals surface area contributed by atoms with E-state index in [-0.39, 0.29) is 17.8 Å². The molecule has 0 radical (unpaired) electrons. The number of amides is 2. The first-order valence-electron chi connectivity index (χ1n) is 9.97. The highest BCUT2D eigenvalue weighted by molar-refractivity contribution is 6.30. The smallest absolute Gasteiger partial charge is 0.322 e. The topological polar surface area (TPSA) is 71.3 Å². The minimum Gasteiger partial charge on any atom is -0.334 e. The number of hydrogen-bond acceptors (Lipinski definition) is 4. The third-order valence-electron chi connectivity index (χ3n) is 5.11. The maximum Gasteiger partial charge on any atom is 0.322 e. The molecule has 0 saturated carbocycles. The molecular weight excluding hydrogens is 419 g/mol. The van der Waals surface area contributed by atoms with Crippen molar-refractivity contribution < 1.29 is 13.7 Å². The van der Waals surface area contributed by atoms with Gasteiger partial charge in [0.1, 0.15) is 5.82 Å². The molecule has 0 fully saturated rings. The van der Waals surface area contributed by atoms with E-state index in [0.717, 1.165) is 11.3 Å². The number of hydrogen-bond donors (Lipinski definition) is 1. The monoisotopic (exact) mass is 440 g/mol. The van der Waals surface area contributed by atoms with E-state index in [1.165, 1.54) is 12.1 Å². The molecule has 1 atom stereocenters. The Morgan fingerprint density at radius 2 is 1.84 bits per heavy atom. The molecule has 2 aromatic carbocycles. The molecule has 2 amide bonds. The third-order valence-corrected chi connectivity index (χ3v) is 5.36. The molecule has 0 aliphatic carbocycles. The molecule has 1 aliphatic rings. The molecular formula is C23H22ClFN4O2. The van der Waals surface area contributed by atoms with Crippen LogP contribution in [0.15, 0.2) is 58.8 Å². The Kier molecular flexibility index (Phi) is 5.78. The summed E-state index contributed by atoms with van der Waals surface area (Å²) in [5, 5.41) is 7.73. The summed E-state index contributed by atoms with van der Waals surface area (Å²) in [5.41, 5.74) is 2.93. The Bertz CT molecular complexity index is 1120. The van der Waals surface area contributed by atoms with Gasteiger partial charge in [0.2, 0.25) is 5.82 Å². The molecule has 1 unspecified atom stereocenters. The Hall–Kier alpha value is -3.19. The van der Waals surface area contributed by atoms with Crippen LogP contribution in [0.5, 0.6) is 0 Å². The summed E-state index contributed by atoms with van der Waals surface area (Å²) in [6.45, 7) is 6.52. The fourth-order valence-corrected chi connectivity index (χ4v) is 3.72. The van der Waals surface area contributed by atoms with Crippen LogP contribution in [0.1, 0.15) is 38.3 Å². The van der Waals surface area contributed by atoms with E-state index in [9.17, 15) is 9.18 Å². The molecule has 2 heterocycles. The van der Waals surface area contributed by atoms with Crippen molar-refractivity contribution in [3.05, 3.63) is 76.5 Å². The van der Waals surface area contributed by atoms with E-state index in [1.807, 2.05) is 32.9 Å². The highest BCUT2D eigenvalue weighted by atomic mass is 35.5. The van der Waals surface area contributed by atoms with Crippen molar-refractivity contribution >= 4 is 23.2 Å². The zero-order chi connectivity index (χ0) is 22.1. The van der Waals surface area contributed by atoms with E-state index >= 15 is 0 Å². The lowest BCUT2D eigenvalue weighted by atomic mass is 9.94. The van der Waals surface area contributed by atoms with E-state index in [2.05, 4.69) is 15.5 Å². The number of urea groups is 1. The Morgan fingerprint density at radius 1 is 1.16 bits per heavy atom. The molecule has 0 saturated heterocycles. The van der Waals surface area contributed by atoms with Crippen LogP contribution in [0.3, 0.4) is 0 Å². The van der Waals surface area contributed by atoms with Gasteiger partial charge in [0.15, 0.2) is 0 Å². The van der Waals surface area contributed by atoms with Crippen molar-refractivity contribution in [1.29, 1.82) is 0 Å². The highest BCUT2D eigenvalue weighted by Gasteiger charge is 2.35. The predicted molar refractivity (Wildman–Crippen MR) is 117 cm³/mol. The van der Waals surface area contributed by atoms with Gasteiger partial charge < -0.3 is 9.84 Å². The van der Waals surface area contributed by atoms with Gasteiger partial charge in [-0.1, -0.05) is 42.7 Å². The predicted octanol–water partition coefficient (Wildman–Crippen LogP) is 5.68. The van der Waals surface area contributed by atoms with Gasteiger partial charge in [-0.25, -0.2) is 9.18 Å². The molecule has 0 spiro atoms. The van der Waals surface area contributed by atoms with E-state index in [4.69, 9.17) is 16.1 Å². The van der Waals surface area contributed by atoms with Crippen molar-refractivity contribution in [2.45, 2.75) is 26.8 Å². The van der Waals surface area contributed by atoms with Crippen LogP contribution < -0.4 is 5.32 Å². The molecule has 1 N–H and O–H groups in total. The minimum atomic E-state index is -0.477. The van der Waals surface area contributed by atoms with Crippen molar-refractivity contribution in [2.75, 3.05) is 6.54 Å². The number of rotatable bonds is 5. The molecule has 3 aromatic rings. The van der Waals surface area contributed by atoms with E-state index < -0.39 is 6.04 Å². The first kappa shape index (κ1) is 21.1. The maximum absolute atomic E-state index is 13.3. The van der Waals surface area contributed by atoms with Crippen LogP contribution in [0.4, 0.5) is 9.18 Å². The summed E-state index contributed by atoms with van der Waals surface area (Å²) in [4.78, 5) is 19.1. The van der Waals surface area contributed by atoms with Crippen LogP contribution in [0.2, 0.25) is 5.02 Å². The number of nitrogens with one attached hydrogen (secondary N) is 1. The van der Waals surface area contributed by atoms with Gasteiger partial charge in [-0.3, -0.25) is 4.90 Å². The lowest BCUT2D eigenvalue weighted by Gasteiger charge is -2.36. The third kappa shape index (κ3) is 4.32. The number of nitrogens with zero attached hydrogens (tertiary/aromatic N) is 3. The Labute approximate surface area is 184 Å². The number of aromatic nitrogens is 2. The number of benzene rings is 2. The molecule has 6 nitrogen and oxygen atoms in total. The summed E-state index contributed by atoms with van der Waals surface area (Å²) < 4.78 is 18.9. The van der Waals surface area contributed by atoms with Crippen molar-refractivity contribution in [3.63, 3.8) is 0 Å². The number of carbonyl (C=O) groups is 1. The molecule has 0 bridgehead atoms. The molecule has 1 aromatic heterocycles. The second-order valence-corrected chi connectivity index (χ2v) is 8.30. The fourth-order valence-electron chi connectivity index (χ4n) is 3.60. The fraction of sp³-hybridized carbons (Fsp3) is 0.261. The van der Waals surface area contributed by atoms with Crippen LogP contribution in [0, 0.1) is 11.7 Å².